The molecule has 136 valence electrons. The van der Waals surface area contributed by atoms with Gasteiger partial charge < -0.3 is 11.1 Å². The molecule has 0 aliphatic heterocycles. The van der Waals surface area contributed by atoms with Crippen LogP contribution in [0.15, 0.2) is 24.4 Å². The van der Waals surface area contributed by atoms with E-state index in [1.165, 1.54) is 18.9 Å². The second-order valence-corrected chi connectivity index (χ2v) is 7.07. The number of aromatic amines is 1. The highest BCUT2D eigenvalue weighted by atomic mass is 35.5. The van der Waals surface area contributed by atoms with Crippen LogP contribution >= 0.6 is 11.6 Å². The molecule has 1 aliphatic carbocycles. The molecule has 0 radical (unpaired) electrons. The average molecular weight is 375 g/mol. The van der Waals surface area contributed by atoms with Crippen molar-refractivity contribution >= 4 is 28.6 Å². The first kappa shape index (κ1) is 17.2. The first-order chi connectivity index (χ1) is 12.7. The summed E-state index contributed by atoms with van der Waals surface area (Å²) in [6, 6.07) is 5.12. The van der Waals surface area contributed by atoms with Crippen LogP contribution in [0.25, 0.3) is 22.4 Å². The topological polar surface area (TPSA) is 92.5 Å². The lowest BCUT2D eigenvalue weighted by molar-refractivity contribution is 0.332. The molecule has 2 unspecified atom stereocenters. The maximum Gasteiger partial charge on any atom is 0.202 e. The van der Waals surface area contributed by atoms with E-state index in [0.717, 1.165) is 12.8 Å². The normalized spacial score (nSPS) is 20.4. The number of nitrogens with one attached hydrogen (secondary N) is 2. The summed E-state index contributed by atoms with van der Waals surface area (Å²) < 4.78 is 14.3. The molecule has 2 aromatic heterocycles. The molecule has 0 bridgehead atoms. The Labute approximate surface area is 155 Å². The third-order valence-corrected chi connectivity index (χ3v) is 5.32. The predicted molar refractivity (Wildman–Crippen MR) is 101 cm³/mol. The summed E-state index contributed by atoms with van der Waals surface area (Å²) in [5, 5.41) is 10.5. The fourth-order valence-electron chi connectivity index (χ4n) is 3.62. The van der Waals surface area contributed by atoms with Crippen molar-refractivity contribution < 1.29 is 4.39 Å². The summed E-state index contributed by atoms with van der Waals surface area (Å²) in [7, 11) is 0. The second-order valence-electron chi connectivity index (χ2n) is 6.66. The summed E-state index contributed by atoms with van der Waals surface area (Å²) in [6.45, 7) is 0.661. The van der Waals surface area contributed by atoms with E-state index in [1.807, 2.05) is 0 Å². The Balaban J connectivity index is 1.64. The molecule has 0 spiro atoms. The SMILES string of the molecule is NCC1CCCCC1Nc1cnc2c(-c3cccc(Cl)c3F)[nH]nc2n1. The van der Waals surface area contributed by atoms with E-state index in [0.29, 0.717) is 46.7 Å². The highest BCUT2D eigenvalue weighted by Gasteiger charge is 2.24. The van der Waals surface area contributed by atoms with E-state index in [1.54, 1.807) is 18.3 Å². The number of hydrogen-bond donors (Lipinski definition) is 3. The van der Waals surface area contributed by atoms with Crippen molar-refractivity contribution in [2.24, 2.45) is 11.7 Å². The molecule has 3 aromatic rings. The Bertz CT molecular complexity index is 927. The second kappa shape index (κ2) is 7.17. The van der Waals surface area contributed by atoms with E-state index in [2.05, 4.69) is 25.5 Å². The minimum Gasteiger partial charge on any atom is -0.366 e. The standard InChI is InChI=1S/C18H20ClFN6/c19-12-6-3-5-11(15(12)20)16-17-18(26-25-16)24-14(9-22-17)23-13-7-2-1-4-10(13)8-21/h3,5-6,9-10,13H,1-2,4,7-8,21H2,(H2,23,24,25,26). The molecule has 0 saturated heterocycles. The van der Waals surface area contributed by atoms with Gasteiger partial charge in [-0.2, -0.15) is 5.10 Å². The summed E-state index contributed by atoms with van der Waals surface area (Å²) in [6.07, 6.45) is 6.26. The molecule has 1 fully saturated rings. The van der Waals surface area contributed by atoms with Crippen molar-refractivity contribution in [2.45, 2.75) is 31.7 Å². The van der Waals surface area contributed by atoms with E-state index in [4.69, 9.17) is 17.3 Å². The summed E-state index contributed by atoms with van der Waals surface area (Å²) in [5.41, 5.74) is 7.63. The van der Waals surface area contributed by atoms with E-state index < -0.39 is 5.82 Å². The van der Waals surface area contributed by atoms with E-state index in [-0.39, 0.29) is 5.02 Å². The molecule has 0 amide bonds. The Kier molecular flexibility index (Phi) is 4.74. The lowest BCUT2D eigenvalue weighted by atomic mass is 9.84. The zero-order valence-corrected chi connectivity index (χ0v) is 14.9. The van der Waals surface area contributed by atoms with Crippen LogP contribution in [-0.4, -0.2) is 32.8 Å². The zero-order chi connectivity index (χ0) is 18.1. The van der Waals surface area contributed by atoms with Gasteiger partial charge in [-0.1, -0.05) is 30.5 Å². The van der Waals surface area contributed by atoms with Crippen molar-refractivity contribution in [3.8, 4) is 11.3 Å². The molecular weight excluding hydrogens is 355 g/mol. The molecular formula is C18H20ClFN6. The van der Waals surface area contributed by atoms with E-state index in [9.17, 15) is 4.39 Å². The Hall–Kier alpha value is -2.25. The summed E-state index contributed by atoms with van der Waals surface area (Å²) in [5.74, 6) is 0.598. The highest BCUT2D eigenvalue weighted by molar-refractivity contribution is 6.31. The molecule has 1 aromatic carbocycles. The lowest BCUT2D eigenvalue weighted by Gasteiger charge is -2.31. The molecule has 1 saturated carbocycles. The largest absolute Gasteiger partial charge is 0.366 e. The number of nitrogens with zero attached hydrogens (tertiary/aromatic N) is 3. The van der Waals surface area contributed by atoms with Gasteiger partial charge in [0.25, 0.3) is 0 Å². The number of hydrogen-bond acceptors (Lipinski definition) is 5. The van der Waals surface area contributed by atoms with Crippen LogP contribution in [-0.2, 0) is 0 Å². The fraction of sp³-hybridized carbons (Fsp3) is 0.389. The Morgan fingerprint density at radius 1 is 1.31 bits per heavy atom. The number of halogens is 2. The summed E-state index contributed by atoms with van der Waals surface area (Å²) in [4.78, 5) is 8.97. The zero-order valence-electron chi connectivity index (χ0n) is 14.2. The van der Waals surface area contributed by atoms with Crippen molar-refractivity contribution in [2.75, 3.05) is 11.9 Å². The van der Waals surface area contributed by atoms with Gasteiger partial charge >= 0.3 is 0 Å². The quantitative estimate of drug-likeness (QED) is 0.646. The number of nitrogens with two attached hydrogens (primary N) is 1. The van der Waals surface area contributed by atoms with Crippen molar-refractivity contribution in [1.29, 1.82) is 0 Å². The van der Waals surface area contributed by atoms with Crippen molar-refractivity contribution in [1.82, 2.24) is 20.2 Å². The van der Waals surface area contributed by atoms with Crippen LogP contribution in [0.1, 0.15) is 25.7 Å². The number of aromatic nitrogens is 4. The molecule has 6 nitrogen and oxygen atoms in total. The van der Waals surface area contributed by atoms with Gasteiger partial charge in [-0.15, -0.1) is 0 Å². The van der Waals surface area contributed by atoms with Crippen LogP contribution in [0.3, 0.4) is 0 Å². The van der Waals surface area contributed by atoms with Gasteiger partial charge in [-0.05, 0) is 37.4 Å². The number of anilines is 1. The first-order valence-electron chi connectivity index (χ1n) is 8.79. The molecule has 2 atom stereocenters. The molecule has 8 heteroatoms. The predicted octanol–water partition coefficient (Wildman–Crippen LogP) is 3.74. The third-order valence-electron chi connectivity index (χ3n) is 5.03. The van der Waals surface area contributed by atoms with Gasteiger partial charge in [0.15, 0.2) is 5.82 Å². The van der Waals surface area contributed by atoms with E-state index >= 15 is 0 Å². The maximum atomic E-state index is 14.3. The van der Waals surface area contributed by atoms with Gasteiger partial charge in [0.05, 0.1) is 16.9 Å². The molecule has 26 heavy (non-hydrogen) atoms. The van der Waals surface area contributed by atoms with Crippen LogP contribution < -0.4 is 11.1 Å². The van der Waals surface area contributed by atoms with Gasteiger partial charge in [0.2, 0.25) is 5.65 Å². The number of benzene rings is 1. The highest BCUT2D eigenvalue weighted by Crippen LogP contribution is 2.31. The summed E-state index contributed by atoms with van der Waals surface area (Å²) >= 11 is 5.88. The smallest absolute Gasteiger partial charge is 0.202 e. The molecule has 1 aliphatic rings. The van der Waals surface area contributed by atoms with Crippen LogP contribution in [0.5, 0.6) is 0 Å². The number of rotatable bonds is 4. The van der Waals surface area contributed by atoms with Crippen molar-refractivity contribution in [3.63, 3.8) is 0 Å². The minimum atomic E-state index is -0.503. The molecule has 2 heterocycles. The Morgan fingerprint density at radius 3 is 3.00 bits per heavy atom. The van der Waals surface area contributed by atoms with Crippen LogP contribution in [0, 0.1) is 11.7 Å². The monoisotopic (exact) mass is 374 g/mol. The molecule has 4 rings (SSSR count). The maximum absolute atomic E-state index is 14.3. The number of fused-ring (bicyclic) bond motifs is 1. The minimum absolute atomic E-state index is 0.0571. The lowest BCUT2D eigenvalue weighted by Crippen LogP contribution is -2.36. The third kappa shape index (κ3) is 3.12. The average Bonchev–Trinajstić information content (AvgIpc) is 3.07. The van der Waals surface area contributed by atoms with Crippen LogP contribution in [0.4, 0.5) is 10.2 Å². The molecule has 4 N–H and O–H groups in total. The fourth-order valence-corrected chi connectivity index (χ4v) is 3.79. The Morgan fingerprint density at radius 2 is 2.15 bits per heavy atom. The van der Waals surface area contributed by atoms with Gasteiger partial charge in [-0.25, -0.2) is 14.4 Å². The first-order valence-corrected chi connectivity index (χ1v) is 9.17. The number of H-pyrrole nitrogens is 1. The van der Waals surface area contributed by atoms with Crippen LogP contribution in [0.2, 0.25) is 5.02 Å². The van der Waals surface area contributed by atoms with Gasteiger partial charge in [0, 0.05) is 11.6 Å². The van der Waals surface area contributed by atoms with Crippen molar-refractivity contribution in [3.05, 3.63) is 35.2 Å². The van der Waals surface area contributed by atoms with Gasteiger partial charge in [-0.3, -0.25) is 5.10 Å². The van der Waals surface area contributed by atoms with Gasteiger partial charge in [0.1, 0.15) is 11.3 Å².